The molecule has 1 aliphatic carbocycles. The standard InChI is InChI=1S/C22H41N3O2/c1-23-22(24-14-6-4-10-19-8-2-3-9-19)25-15-12-20(13-16-25)27-18-21-11-5-7-17-26-21/h19-21H,2-18H2,1H3,(H,23,24). The lowest BCUT2D eigenvalue weighted by Crippen LogP contribution is -2.47. The fourth-order valence-electron chi connectivity index (χ4n) is 4.81. The summed E-state index contributed by atoms with van der Waals surface area (Å²) in [6.07, 6.45) is 16.5. The van der Waals surface area contributed by atoms with Crippen LogP contribution in [0.3, 0.4) is 0 Å². The topological polar surface area (TPSA) is 46.1 Å². The Bertz CT molecular complexity index is 423. The Morgan fingerprint density at radius 1 is 1.04 bits per heavy atom. The van der Waals surface area contributed by atoms with Gasteiger partial charge in [-0.05, 0) is 44.4 Å². The molecule has 5 heteroatoms. The van der Waals surface area contributed by atoms with Gasteiger partial charge in [-0.15, -0.1) is 0 Å². The van der Waals surface area contributed by atoms with Crippen LogP contribution in [-0.2, 0) is 9.47 Å². The molecule has 0 aromatic heterocycles. The number of likely N-dealkylation sites (tertiary alicyclic amines) is 1. The lowest BCUT2D eigenvalue weighted by atomic mass is 10.0. The average molecular weight is 380 g/mol. The maximum absolute atomic E-state index is 6.13. The molecule has 27 heavy (non-hydrogen) atoms. The first-order chi connectivity index (χ1) is 13.3. The van der Waals surface area contributed by atoms with Crippen LogP contribution in [0.5, 0.6) is 0 Å². The Balaban J connectivity index is 1.25. The molecule has 156 valence electrons. The van der Waals surface area contributed by atoms with Crippen molar-refractivity contribution >= 4 is 5.96 Å². The van der Waals surface area contributed by atoms with Crippen LogP contribution < -0.4 is 5.32 Å². The zero-order valence-corrected chi connectivity index (χ0v) is 17.5. The summed E-state index contributed by atoms with van der Waals surface area (Å²) < 4.78 is 11.9. The summed E-state index contributed by atoms with van der Waals surface area (Å²) >= 11 is 0. The van der Waals surface area contributed by atoms with Gasteiger partial charge in [-0.2, -0.15) is 0 Å². The highest BCUT2D eigenvalue weighted by molar-refractivity contribution is 5.79. The highest BCUT2D eigenvalue weighted by Gasteiger charge is 2.23. The highest BCUT2D eigenvalue weighted by Crippen LogP contribution is 2.28. The lowest BCUT2D eigenvalue weighted by molar-refractivity contribution is -0.0721. The third kappa shape index (κ3) is 7.26. The van der Waals surface area contributed by atoms with Crippen molar-refractivity contribution in [1.82, 2.24) is 10.2 Å². The van der Waals surface area contributed by atoms with E-state index in [2.05, 4.69) is 15.2 Å². The summed E-state index contributed by atoms with van der Waals surface area (Å²) in [5.74, 6) is 2.09. The number of guanidine groups is 1. The van der Waals surface area contributed by atoms with Gasteiger partial charge in [0.25, 0.3) is 0 Å². The molecule has 5 nitrogen and oxygen atoms in total. The van der Waals surface area contributed by atoms with E-state index in [-0.39, 0.29) is 0 Å². The van der Waals surface area contributed by atoms with Crippen LogP contribution in [-0.4, -0.2) is 63.0 Å². The number of ether oxygens (including phenoxy) is 2. The predicted molar refractivity (Wildman–Crippen MR) is 111 cm³/mol. The van der Waals surface area contributed by atoms with Crippen molar-refractivity contribution in [1.29, 1.82) is 0 Å². The molecule has 1 unspecified atom stereocenters. The lowest BCUT2D eigenvalue weighted by Gasteiger charge is -2.35. The van der Waals surface area contributed by atoms with Gasteiger partial charge in [0.2, 0.25) is 0 Å². The van der Waals surface area contributed by atoms with Gasteiger partial charge in [0.05, 0.1) is 18.8 Å². The van der Waals surface area contributed by atoms with E-state index in [1.165, 1.54) is 57.8 Å². The Morgan fingerprint density at radius 3 is 2.52 bits per heavy atom. The van der Waals surface area contributed by atoms with Gasteiger partial charge in [0.15, 0.2) is 5.96 Å². The number of nitrogens with zero attached hydrogens (tertiary/aromatic N) is 2. The van der Waals surface area contributed by atoms with E-state index in [0.717, 1.165) is 64.0 Å². The highest BCUT2D eigenvalue weighted by atomic mass is 16.5. The molecule has 0 spiro atoms. The minimum Gasteiger partial charge on any atom is -0.376 e. The number of unbranched alkanes of at least 4 members (excludes halogenated alkanes) is 1. The number of hydrogen-bond donors (Lipinski definition) is 1. The van der Waals surface area contributed by atoms with Crippen LogP contribution in [0.15, 0.2) is 4.99 Å². The summed E-state index contributed by atoms with van der Waals surface area (Å²) in [7, 11) is 1.91. The molecule has 2 aliphatic heterocycles. The molecule has 1 atom stereocenters. The smallest absolute Gasteiger partial charge is 0.193 e. The van der Waals surface area contributed by atoms with Gasteiger partial charge >= 0.3 is 0 Å². The third-order valence-corrected chi connectivity index (χ3v) is 6.54. The second-order valence-electron chi connectivity index (χ2n) is 8.63. The zero-order chi connectivity index (χ0) is 18.7. The van der Waals surface area contributed by atoms with Crippen LogP contribution in [0.1, 0.15) is 77.0 Å². The quantitative estimate of drug-likeness (QED) is 0.394. The predicted octanol–water partition coefficient (Wildman–Crippen LogP) is 3.97. The normalized spacial score (nSPS) is 25.9. The van der Waals surface area contributed by atoms with E-state index in [1.807, 2.05) is 7.05 Å². The van der Waals surface area contributed by atoms with Crippen LogP contribution in [0.4, 0.5) is 0 Å². The van der Waals surface area contributed by atoms with Gasteiger partial charge in [0, 0.05) is 33.3 Å². The van der Waals surface area contributed by atoms with Crippen molar-refractivity contribution < 1.29 is 9.47 Å². The maximum atomic E-state index is 6.13. The minimum atomic E-state index is 0.329. The molecule has 3 aliphatic rings. The first-order valence-corrected chi connectivity index (χ1v) is 11.5. The molecule has 2 saturated heterocycles. The van der Waals surface area contributed by atoms with Crippen molar-refractivity contribution in [2.75, 3.05) is 39.9 Å². The SMILES string of the molecule is CN=C(NCCCCC1CCCC1)N1CCC(OCC2CCCCO2)CC1. The van der Waals surface area contributed by atoms with E-state index in [4.69, 9.17) is 9.47 Å². The summed E-state index contributed by atoms with van der Waals surface area (Å²) in [5.41, 5.74) is 0. The molecular weight excluding hydrogens is 338 g/mol. The Labute approximate surface area is 166 Å². The summed E-state index contributed by atoms with van der Waals surface area (Å²) in [6, 6.07) is 0. The van der Waals surface area contributed by atoms with Crippen LogP contribution in [0, 0.1) is 5.92 Å². The molecule has 0 aromatic rings. The molecule has 1 N–H and O–H groups in total. The molecule has 0 radical (unpaired) electrons. The van der Waals surface area contributed by atoms with Gasteiger partial charge in [-0.3, -0.25) is 4.99 Å². The molecular formula is C22H41N3O2. The number of aliphatic imine (C=N–C) groups is 1. The molecule has 3 rings (SSSR count). The number of piperidine rings is 1. The summed E-state index contributed by atoms with van der Waals surface area (Å²) in [5, 5.41) is 3.58. The molecule has 2 heterocycles. The fourth-order valence-corrected chi connectivity index (χ4v) is 4.81. The first kappa shape index (κ1) is 20.9. The van der Waals surface area contributed by atoms with E-state index in [1.54, 1.807) is 0 Å². The van der Waals surface area contributed by atoms with E-state index in [9.17, 15) is 0 Å². The Hall–Kier alpha value is -0.810. The molecule has 0 amide bonds. The average Bonchev–Trinajstić information content (AvgIpc) is 3.24. The number of hydrogen-bond acceptors (Lipinski definition) is 3. The second-order valence-corrected chi connectivity index (χ2v) is 8.63. The van der Waals surface area contributed by atoms with Gasteiger partial charge in [-0.1, -0.05) is 38.5 Å². The van der Waals surface area contributed by atoms with Gasteiger partial charge in [-0.25, -0.2) is 0 Å². The van der Waals surface area contributed by atoms with Gasteiger partial charge < -0.3 is 19.7 Å². The monoisotopic (exact) mass is 379 g/mol. The largest absolute Gasteiger partial charge is 0.376 e. The second kappa shape index (κ2) is 11.9. The maximum Gasteiger partial charge on any atom is 0.193 e. The van der Waals surface area contributed by atoms with Crippen LogP contribution in [0.25, 0.3) is 0 Å². The van der Waals surface area contributed by atoms with Crippen molar-refractivity contribution in [2.45, 2.75) is 89.3 Å². The fraction of sp³-hybridized carbons (Fsp3) is 0.955. The van der Waals surface area contributed by atoms with E-state index < -0.39 is 0 Å². The van der Waals surface area contributed by atoms with Crippen LogP contribution in [0.2, 0.25) is 0 Å². The number of nitrogens with one attached hydrogen (secondary N) is 1. The molecule has 0 aromatic carbocycles. The minimum absolute atomic E-state index is 0.329. The Morgan fingerprint density at radius 2 is 1.81 bits per heavy atom. The van der Waals surface area contributed by atoms with Crippen molar-refractivity contribution in [2.24, 2.45) is 10.9 Å². The van der Waals surface area contributed by atoms with E-state index >= 15 is 0 Å². The zero-order valence-electron chi connectivity index (χ0n) is 17.5. The van der Waals surface area contributed by atoms with Crippen molar-refractivity contribution in [3.05, 3.63) is 0 Å². The summed E-state index contributed by atoms with van der Waals surface area (Å²) in [6.45, 7) is 4.82. The van der Waals surface area contributed by atoms with E-state index in [0.29, 0.717) is 12.2 Å². The van der Waals surface area contributed by atoms with Gasteiger partial charge in [0.1, 0.15) is 0 Å². The molecule has 0 bridgehead atoms. The van der Waals surface area contributed by atoms with Crippen LogP contribution >= 0.6 is 0 Å². The molecule has 3 fully saturated rings. The number of rotatable bonds is 8. The summed E-state index contributed by atoms with van der Waals surface area (Å²) in [4.78, 5) is 6.90. The Kier molecular flexibility index (Phi) is 9.22. The molecule has 1 saturated carbocycles. The first-order valence-electron chi connectivity index (χ1n) is 11.5. The third-order valence-electron chi connectivity index (χ3n) is 6.54. The van der Waals surface area contributed by atoms with Crippen molar-refractivity contribution in [3.8, 4) is 0 Å². The van der Waals surface area contributed by atoms with Crippen molar-refractivity contribution in [3.63, 3.8) is 0 Å².